The van der Waals surface area contributed by atoms with Crippen molar-refractivity contribution in [2.45, 2.75) is 19.8 Å². The van der Waals surface area contributed by atoms with E-state index >= 15 is 0 Å². The fraction of sp³-hybridized carbons (Fsp3) is 0.667. The standard InChI is InChI=1S/C9H16N2O/c1-3-5-7-11-9(12)6-8-10-4-2/h1,10H,4-8H2,2H3,(H,11,12). The van der Waals surface area contributed by atoms with Crippen LogP contribution in [0.25, 0.3) is 0 Å². The molecule has 1 amide bonds. The fourth-order valence-electron chi connectivity index (χ4n) is 0.741. The number of amides is 1. The summed E-state index contributed by atoms with van der Waals surface area (Å²) >= 11 is 0. The molecule has 0 unspecified atom stereocenters. The Bertz CT molecular complexity index is 160. The van der Waals surface area contributed by atoms with Gasteiger partial charge in [-0.1, -0.05) is 6.92 Å². The lowest BCUT2D eigenvalue weighted by Crippen LogP contribution is -2.28. The van der Waals surface area contributed by atoms with Crippen LogP contribution >= 0.6 is 0 Å². The second-order valence-electron chi connectivity index (χ2n) is 2.41. The molecule has 0 saturated heterocycles. The minimum atomic E-state index is 0.0613. The summed E-state index contributed by atoms with van der Waals surface area (Å²) in [6, 6.07) is 0. The first-order valence-electron chi connectivity index (χ1n) is 4.22. The molecule has 3 nitrogen and oxygen atoms in total. The third-order valence-corrected chi connectivity index (χ3v) is 1.37. The van der Waals surface area contributed by atoms with E-state index in [4.69, 9.17) is 6.42 Å². The van der Waals surface area contributed by atoms with E-state index in [-0.39, 0.29) is 5.91 Å². The Labute approximate surface area is 73.9 Å². The maximum absolute atomic E-state index is 11.0. The number of carbonyl (C=O) groups excluding carboxylic acids is 1. The summed E-state index contributed by atoms with van der Waals surface area (Å²) in [5.74, 6) is 2.52. The number of nitrogens with one attached hydrogen (secondary N) is 2. The van der Waals surface area contributed by atoms with Crippen LogP contribution in [0.15, 0.2) is 0 Å². The van der Waals surface area contributed by atoms with Crippen molar-refractivity contribution in [1.29, 1.82) is 0 Å². The van der Waals surface area contributed by atoms with Crippen molar-refractivity contribution < 1.29 is 4.79 Å². The zero-order valence-electron chi connectivity index (χ0n) is 7.52. The Kier molecular flexibility index (Phi) is 7.41. The largest absolute Gasteiger partial charge is 0.355 e. The molecule has 0 aromatic rings. The summed E-state index contributed by atoms with van der Waals surface area (Å²) in [5.41, 5.74) is 0. The number of hydrogen-bond donors (Lipinski definition) is 2. The molecule has 0 fully saturated rings. The molecule has 0 aliphatic rings. The monoisotopic (exact) mass is 168 g/mol. The molecule has 0 radical (unpaired) electrons. The van der Waals surface area contributed by atoms with Crippen molar-refractivity contribution in [3.63, 3.8) is 0 Å². The SMILES string of the molecule is C#CCCNC(=O)CCNCC. The molecule has 0 saturated carbocycles. The second kappa shape index (κ2) is 8.09. The van der Waals surface area contributed by atoms with Gasteiger partial charge in [0.25, 0.3) is 0 Å². The minimum Gasteiger partial charge on any atom is -0.355 e. The van der Waals surface area contributed by atoms with Crippen LogP contribution in [-0.2, 0) is 4.79 Å². The van der Waals surface area contributed by atoms with E-state index in [9.17, 15) is 4.79 Å². The van der Waals surface area contributed by atoms with Crippen LogP contribution < -0.4 is 10.6 Å². The molecular formula is C9H16N2O. The van der Waals surface area contributed by atoms with E-state index < -0.39 is 0 Å². The first-order valence-corrected chi connectivity index (χ1v) is 4.22. The Hall–Kier alpha value is -1.01. The summed E-state index contributed by atoms with van der Waals surface area (Å²) in [6.07, 6.45) is 6.15. The van der Waals surface area contributed by atoms with Gasteiger partial charge in [0.15, 0.2) is 0 Å². The average molecular weight is 168 g/mol. The van der Waals surface area contributed by atoms with Gasteiger partial charge in [-0.25, -0.2) is 0 Å². The molecular weight excluding hydrogens is 152 g/mol. The number of rotatable bonds is 6. The lowest BCUT2D eigenvalue weighted by molar-refractivity contribution is -0.120. The van der Waals surface area contributed by atoms with Gasteiger partial charge in [-0.05, 0) is 6.54 Å². The van der Waals surface area contributed by atoms with Gasteiger partial charge in [-0.3, -0.25) is 4.79 Å². The first-order chi connectivity index (χ1) is 5.81. The molecule has 0 aliphatic carbocycles. The topological polar surface area (TPSA) is 41.1 Å². The molecule has 0 heterocycles. The van der Waals surface area contributed by atoms with Crippen LogP contribution in [0.4, 0.5) is 0 Å². The zero-order chi connectivity index (χ0) is 9.23. The van der Waals surface area contributed by atoms with Crippen LogP contribution in [0.3, 0.4) is 0 Å². The average Bonchev–Trinajstić information content (AvgIpc) is 2.06. The highest BCUT2D eigenvalue weighted by molar-refractivity contribution is 5.76. The lowest BCUT2D eigenvalue weighted by atomic mass is 10.3. The summed E-state index contributed by atoms with van der Waals surface area (Å²) in [4.78, 5) is 11.0. The molecule has 3 heteroatoms. The maximum Gasteiger partial charge on any atom is 0.221 e. The molecule has 0 atom stereocenters. The number of terminal acetylenes is 1. The van der Waals surface area contributed by atoms with Crippen LogP contribution in [0, 0.1) is 12.3 Å². The van der Waals surface area contributed by atoms with Crippen LogP contribution in [0.5, 0.6) is 0 Å². The maximum atomic E-state index is 11.0. The lowest BCUT2D eigenvalue weighted by Gasteiger charge is -2.02. The molecule has 0 rings (SSSR count). The highest BCUT2D eigenvalue weighted by atomic mass is 16.1. The van der Waals surface area contributed by atoms with Gasteiger partial charge in [0, 0.05) is 25.9 Å². The molecule has 0 aromatic carbocycles. The van der Waals surface area contributed by atoms with Gasteiger partial charge in [0.1, 0.15) is 0 Å². The molecule has 0 aliphatic heterocycles. The van der Waals surface area contributed by atoms with E-state index in [2.05, 4.69) is 16.6 Å². The number of carbonyl (C=O) groups is 1. The summed E-state index contributed by atoms with van der Waals surface area (Å²) in [6.45, 7) is 4.23. The summed E-state index contributed by atoms with van der Waals surface area (Å²) in [7, 11) is 0. The van der Waals surface area contributed by atoms with Crippen molar-refractivity contribution >= 4 is 5.91 Å². The van der Waals surface area contributed by atoms with Gasteiger partial charge in [0.05, 0.1) is 0 Å². The van der Waals surface area contributed by atoms with Gasteiger partial charge >= 0.3 is 0 Å². The van der Waals surface area contributed by atoms with Crippen molar-refractivity contribution in [1.82, 2.24) is 10.6 Å². The fourth-order valence-corrected chi connectivity index (χ4v) is 0.741. The highest BCUT2D eigenvalue weighted by Gasteiger charge is 1.97. The Morgan fingerprint density at radius 2 is 2.25 bits per heavy atom. The van der Waals surface area contributed by atoms with E-state index in [1.165, 1.54) is 0 Å². The quantitative estimate of drug-likeness (QED) is 0.437. The second-order valence-corrected chi connectivity index (χ2v) is 2.41. The zero-order valence-corrected chi connectivity index (χ0v) is 7.52. The molecule has 2 N–H and O–H groups in total. The third-order valence-electron chi connectivity index (χ3n) is 1.37. The molecule has 12 heavy (non-hydrogen) atoms. The van der Waals surface area contributed by atoms with Crippen LogP contribution in [0.1, 0.15) is 19.8 Å². The predicted molar refractivity (Wildman–Crippen MR) is 49.6 cm³/mol. The Balaban J connectivity index is 3.17. The van der Waals surface area contributed by atoms with E-state index in [0.717, 1.165) is 13.1 Å². The molecule has 0 spiro atoms. The van der Waals surface area contributed by atoms with Gasteiger partial charge in [-0.15, -0.1) is 12.3 Å². The Morgan fingerprint density at radius 1 is 1.50 bits per heavy atom. The van der Waals surface area contributed by atoms with Crippen LogP contribution in [0.2, 0.25) is 0 Å². The van der Waals surface area contributed by atoms with Gasteiger partial charge in [0.2, 0.25) is 5.91 Å². The minimum absolute atomic E-state index is 0.0613. The van der Waals surface area contributed by atoms with E-state index in [1.807, 2.05) is 6.92 Å². The van der Waals surface area contributed by atoms with Gasteiger partial charge < -0.3 is 10.6 Å². The first kappa shape index (κ1) is 11.0. The van der Waals surface area contributed by atoms with Crippen molar-refractivity contribution in [3.05, 3.63) is 0 Å². The van der Waals surface area contributed by atoms with Gasteiger partial charge in [-0.2, -0.15) is 0 Å². The summed E-state index contributed by atoms with van der Waals surface area (Å²) in [5, 5.41) is 5.79. The predicted octanol–water partition coefficient (Wildman–Crippen LogP) is 0.125. The number of hydrogen-bond acceptors (Lipinski definition) is 2. The molecule has 0 bridgehead atoms. The van der Waals surface area contributed by atoms with E-state index in [1.54, 1.807) is 0 Å². The van der Waals surface area contributed by atoms with Crippen molar-refractivity contribution in [2.75, 3.05) is 19.6 Å². The van der Waals surface area contributed by atoms with Crippen molar-refractivity contribution in [3.8, 4) is 12.3 Å². The smallest absolute Gasteiger partial charge is 0.221 e. The normalized spacial score (nSPS) is 9.00. The Morgan fingerprint density at radius 3 is 2.83 bits per heavy atom. The van der Waals surface area contributed by atoms with Crippen molar-refractivity contribution in [2.24, 2.45) is 0 Å². The van der Waals surface area contributed by atoms with Crippen LogP contribution in [-0.4, -0.2) is 25.5 Å². The molecule has 68 valence electrons. The third kappa shape index (κ3) is 7.10. The highest BCUT2D eigenvalue weighted by Crippen LogP contribution is 1.78. The van der Waals surface area contributed by atoms with E-state index in [0.29, 0.717) is 19.4 Å². The molecule has 0 aromatic heterocycles. The summed E-state index contributed by atoms with van der Waals surface area (Å²) < 4.78 is 0.